The van der Waals surface area contributed by atoms with E-state index in [0.717, 1.165) is 38.8 Å². The molecule has 1 saturated heterocycles. The van der Waals surface area contributed by atoms with Crippen LogP contribution in [0.4, 0.5) is 0 Å². The second kappa shape index (κ2) is 8.17. The van der Waals surface area contributed by atoms with Gasteiger partial charge in [0, 0.05) is 10.9 Å². The van der Waals surface area contributed by atoms with Gasteiger partial charge in [-0.15, -0.1) is 0 Å². The van der Waals surface area contributed by atoms with Crippen LogP contribution in [-0.2, 0) is 14.3 Å². The molecule has 0 bridgehead atoms. The summed E-state index contributed by atoms with van der Waals surface area (Å²) in [4.78, 5) is 27.5. The van der Waals surface area contributed by atoms with Crippen molar-refractivity contribution in [3.05, 3.63) is 0 Å². The van der Waals surface area contributed by atoms with E-state index in [-0.39, 0.29) is 23.8 Å². The molecule has 2 aliphatic carbocycles. The molecule has 0 aromatic heterocycles. The number of halogens is 1. The standard InChI is InChI=1S/C18H29BrN2O3/c1-24-18(23)15-9-12-5-6-13(19)10-14(12)17(15)20-16(22)11-21-7-3-2-4-8-21/h12-15,17H,2-11H2,1H3,(H,20,22). The highest BCUT2D eigenvalue weighted by Gasteiger charge is 2.49. The van der Waals surface area contributed by atoms with Gasteiger partial charge < -0.3 is 10.1 Å². The van der Waals surface area contributed by atoms with Crippen LogP contribution in [0.25, 0.3) is 0 Å². The van der Waals surface area contributed by atoms with E-state index in [9.17, 15) is 9.59 Å². The van der Waals surface area contributed by atoms with Crippen LogP contribution >= 0.6 is 15.9 Å². The highest BCUT2D eigenvalue weighted by atomic mass is 79.9. The van der Waals surface area contributed by atoms with E-state index in [1.165, 1.54) is 26.4 Å². The number of nitrogens with one attached hydrogen (secondary N) is 1. The van der Waals surface area contributed by atoms with Crippen molar-refractivity contribution in [2.45, 2.75) is 55.8 Å². The van der Waals surface area contributed by atoms with Crippen molar-refractivity contribution in [2.75, 3.05) is 26.7 Å². The molecule has 1 aliphatic heterocycles. The minimum Gasteiger partial charge on any atom is -0.469 e. The third kappa shape index (κ3) is 4.13. The number of ether oxygens (including phenoxy) is 1. The van der Waals surface area contributed by atoms with Gasteiger partial charge in [-0.25, -0.2) is 0 Å². The normalized spacial score (nSPS) is 36.8. The van der Waals surface area contributed by atoms with Gasteiger partial charge in [0.15, 0.2) is 0 Å². The van der Waals surface area contributed by atoms with Gasteiger partial charge in [-0.05, 0) is 63.5 Å². The summed E-state index contributed by atoms with van der Waals surface area (Å²) in [6.45, 7) is 2.47. The first kappa shape index (κ1) is 18.2. The Bertz CT molecular complexity index is 467. The Kier molecular flexibility index (Phi) is 6.19. The molecule has 136 valence electrons. The van der Waals surface area contributed by atoms with Crippen LogP contribution in [0, 0.1) is 17.8 Å². The summed E-state index contributed by atoms with van der Waals surface area (Å²) in [5.74, 6) is 0.626. The van der Waals surface area contributed by atoms with Crippen LogP contribution in [0.1, 0.15) is 44.9 Å². The number of carbonyl (C=O) groups excluding carboxylic acids is 2. The Balaban J connectivity index is 1.64. The van der Waals surface area contributed by atoms with E-state index in [1.807, 2.05) is 0 Å². The van der Waals surface area contributed by atoms with Crippen molar-refractivity contribution < 1.29 is 14.3 Å². The molecular weight excluding hydrogens is 372 g/mol. The second-order valence-electron chi connectivity index (χ2n) is 7.63. The molecule has 6 heteroatoms. The summed E-state index contributed by atoms with van der Waals surface area (Å²) in [6.07, 6.45) is 7.80. The van der Waals surface area contributed by atoms with Crippen LogP contribution < -0.4 is 5.32 Å². The van der Waals surface area contributed by atoms with E-state index in [0.29, 0.717) is 23.2 Å². The lowest BCUT2D eigenvalue weighted by atomic mass is 9.80. The van der Waals surface area contributed by atoms with Crippen molar-refractivity contribution in [1.82, 2.24) is 10.2 Å². The molecule has 1 N–H and O–H groups in total. The molecule has 5 atom stereocenters. The number of hydrogen-bond donors (Lipinski definition) is 1. The van der Waals surface area contributed by atoms with E-state index in [1.54, 1.807) is 0 Å². The van der Waals surface area contributed by atoms with Gasteiger partial charge in [-0.1, -0.05) is 22.4 Å². The number of fused-ring (bicyclic) bond motifs is 1. The number of amides is 1. The molecule has 1 heterocycles. The molecule has 0 aromatic carbocycles. The summed E-state index contributed by atoms with van der Waals surface area (Å²) in [6, 6.07) is -0.0694. The topological polar surface area (TPSA) is 58.6 Å². The monoisotopic (exact) mass is 400 g/mol. The predicted octanol–water partition coefficient (Wildman–Crippen LogP) is 2.33. The summed E-state index contributed by atoms with van der Waals surface area (Å²) in [7, 11) is 1.45. The molecule has 5 nitrogen and oxygen atoms in total. The van der Waals surface area contributed by atoms with Gasteiger partial charge in [0.25, 0.3) is 0 Å². The first-order valence-electron chi connectivity index (χ1n) is 9.32. The lowest BCUT2D eigenvalue weighted by Crippen LogP contribution is -2.49. The second-order valence-corrected chi connectivity index (χ2v) is 8.92. The lowest BCUT2D eigenvalue weighted by Gasteiger charge is -2.33. The van der Waals surface area contributed by atoms with Crippen molar-refractivity contribution in [3.8, 4) is 0 Å². The Morgan fingerprint density at radius 3 is 2.62 bits per heavy atom. The number of alkyl halides is 1. The fourth-order valence-electron chi connectivity index (χ4n) is 4.87. The van der Waals surface area contributed by atoms with Crippen LogP contribution in [0.5, 0.6) is 0 Å². The molecular formula is C18H29BrN2O3. The lowest BCUT2D eigenvalue weighted by molar-refractivity contribution is -0.146. The SMILES string of the molecule is COC(=O)C1CC2CCC(Br)CC2C1NC(=O)CN1CCCCC1. The Hall–Kier alpha value is -0.620. The number of methoxy groups -OCH3 is 1. The quantitative estimate of drug-likeness (QED) is 0.580. The Morgan fingerprint density at radius 2 is 1.92 bits per heavy atom. The van der Waals surface area contributed by atoms with E-state index in [2.05, 4.69) is 26.1 Å². The zero-order valence-corrected chi connectivity index (χ0v) is 16.1. The molecule has 1 amide bonds. The zero-order valence-electron chi connectivity index (χ0n) is 14.5. The number of piperidine rings is 1. The molecule has 5 unspecified atom stereocenters. The average Bonchev–Trinajstić information content (AvgIpc) is 2.93. The summed E-state index contributed by atoms with van der Waals surface area (Å²) < 4.78 is 5.02. The molecule has 2 saturated carbocycles. The van der Waals surface area contributed by atoms with E-state index in [4.69, 9.17) is 4.74 Å². The third-order valence-corrected chi connectivity index (χ3v) is 6.91. The molecule has 0 spiro atoms. The number of carbonyl (C=O) groups is 2. The van der Waals surface area contributed by atoms with Crippen LogP contribution in [0.2, 0.25) is 0 Å². The van der Waals surface area contributed by atoms with Gasteiger partial charge in [-0.3, -0.25) is 14.5 Å². The highest BCUT2D eigenvalue weighted by Crippen LogP contribution is 2.47. The summed E-state index contributed by atoms with van der Waals surface area (Å²) >= 11 is 3.74. The first-order chi connectivity index (χ1) is 11.6. The maximum Gasteiger partial charge on any atom is 0.310 e. The predicted molar refractivity (Wildman–Crippen MR) is 95.9 cm³/mol. The van der Waals surface area contributed by atoms with Crippen molar-refractivity contribution in [3.63, 3.8) is 0 Å². The smallest absolute Gasteiger partial charge is 0.310 e. The third-order valence-electron chi connectivity index (χ3n) is 6.08. The fourth-order valence-corrected chi connectivity index (χ4v) is 5.57. The summed E-state index contributed by atoms with van der Waals surface area (Å²) in [5.41, 5.74) is 0. The van der Waals surface area contributed by atoms with Crippen molar-refractivity contribution in [1.29, 1.82) is 0 Å². The minimum atomic E-state index is -0.187. The number of esters is 1. The Morgan fingerprint density at radius 1 is 1.17 bits per heavy atom. The Labute approximate surface area is 153 Å². The fraction of sp³-hybridized carbons (Fsp3) is 0.889. The highest BCUT2D eigenvalue weighted by molar-refractivity contribution is 9.09. The van der Waals surface area contributed by atoms with Crippen LogP contribution in [-0.4, -0.2) is 54.4 Å². The van der Waals surface area contributed by atoms with Crippen molar-refractivity contribution >= 4 is 27.8 Å². The first-order valence-corrected chi connectivity index (χ1v) is 10.2. The van der Waals surface area contributed by atoms with Gasteiger partial charge in [0.1, 0.15) is 0 Å². The largest absolute Gasteiger partial charge is 0.469 e. The molecule has 24 heavy (non-hydrogen) atoms. The van der Waals surface area contributed by atoms with Gasteiger partial charge >= 0.3 is 5.97 Å². The molecule has 0 radical (unpaired) electrons. The van der Waals surface area contributed by atoms with Crippen LogP contribution in [0.3, 0.4) is 0 Å². The van der Waals surface area contributed by atoms with Gasteiger partial charge in [0.2, 0.25) is 5.91 Å². The molecule has 3 rings (SSSR count). The number of rotatable bonds is 4. The molecule has 3 fully saturated rings. The van der Waals surface area contributed by atoms with Crippen LogP contribution in [0.15, 0.2) is 0 Å². The molecule has 3 aliphatic rings. The maximum atomic E-state index is 12.6. The zero-order chi connectivity index (χ0) is 17.1. The maximum absolute atomic E-state index is 12.6. The van der Waals surface area contributed by atoms with Gasteiger partial charge in [-0.2, -0.15) is 0 Å². The molecule has 0 aromatic rings. The van der Waals surface area contributed by atoms with Gasteiger partial charge in [0.05, 0.1) is 19.6 Å². The average molecular weight is 401 g/mol. The van der Waals surface area contributed by atoms with E-state index < -0.39 is 0 Å². The van der Waals surface area contributed by atoms with E-state index >= 15 is 0 Å². The number of likely N-dealkylation sites (tertiary alicyclic amines) is 1. The number of nitrogens with zero attached hydrogens (tertiary/aromatic N) is 1. The van der Waals surface area contributed by atoms with Crippen molar-refractivity contribution in [2.24, 2.45) is 17.8 Å². The minimum absolute atomic E-state index is 0.0631. The summed E-state index contributed by atoms with van der Waals surface area (Å²) in [5, 5.41) is 3.21. The number of hydrogen-bond acceptors (Lipinski definition) is 4.